The van der Waals surface area contributed by atoms with Gasteiger partial charge < -0.3 is 5.32 Å². The number of halogens is 4. The molecule has 19 heavy (non-hydrogen) atoms. The first-order valence-corrected chi connectivity index (χ1v) is 6.70. The fourth-order valence-electron chi connectivity index (χ4n) is 2.25. The molecule has 0 aromatic carbocycles. The first-order valence-electron chi connectivity index (χ1n) is 5.91. The van der Waals surface area contributed by atoms with Gasteiger partial charge in [0, 0.05) is 13.1 Å². The summed E-state index contributed by atoms with van der Waals surface area (Å²) in [6.45, 7) is 0. The van der Waals surface area contributed by atoms with Crippen molar-refractivity contribution in [3.05, 3.63) is 15.9 Å². The van der Waals surface area contributed by atoms with Crippen LogP contribution < -0.4 is 5.32 Å². The Morgan fingerprint density at radius 2 is 2.00 bits per heavy atom. The van der Waals surface area contributed by atoms with E-state index in [1.165, 1.54) is 7.05 Å². The Kier molecular flexibility index (Phi) is 3.89. The van der Waals surface area contributed by atoms with Crippen molar-refractivity contribution in [1.82, 2.24) is 15.1 Å². The van der Waals surface area contributed by atoms with Crippen molar-refractivity contribution in [2.24, 2.45) is 7.05 Å². The molecule has 1 aliphatic carbocycles. The van der Waals surface area contributed by atoms with Crippen molar-refractivity contribution in [1.29, 1.82) is 0 Å². The van der Waals surface area contributed by atoms with E-state index in [0.29, 0.717) is 0 Å². The lowest BCUT2D eigenvalue weighted by atomic mass is 10.2. The molecule has 1 aliphatic rings. The Morgan fingerprint density at radius 3 is 2.47 bits per heavy atom. The second-order valence-electron chi connectivity index (χ2n) is 4.59. The molecule has 1 heterocycles. The number of alkyl halides is 3. The predicted octanol–water partition coefficient (Wildman–Crippen LogP) is 2.87. The van der Waals surface area contributed by atoms with Crippen molar-refractivity contribution >= 4 is 21.8 Å². The van der Waals surface area contributed by atoms with Crippen LogP contribution in [0.2, 0.25) is 0 Å². The Labute approximate surface area is 116 Å². The maximum atomic E-state index is 12.7. The highest BCUT2D eigenvalue weighted by atomic mass is 79.9. The molecule has 1 saturated carbocycles. The molecule has 0 radical (unpaired) electrons. The Morgan fingerprint density at radius 1 is 1.42 bits per heavy atom. The average Bonchev–Trinajstić information content (AvgIpc) is 2.85. The topological polar surface area (TPSA) is 46.9 Å². The number of nitrogens with zero attached hydrogens (tertiary/aromatic N) is 2. The summed E-state index contributed by atoms with van der Waals surface area (Å²) >= 11 is 2.82. The van der Waals surface area contributed by atoms with Gasteiger partial charge in [0.05, 0.1) is 4.47 Å². The summed E-state index contributed by atoms with van der Waals surface area (Å²) in [4.78, 5) is 12.0. The first kappa shape index (κ1) is 14.4. The number of rotatable bonds is 2. The lowest BCUT2D eigenvalue weighted by molar-refractivity contribution is -0.142. The molecule has 1 fully saturated rings. The van der Waals surface area contributed by atoms with Crippen molar-refractivity contribution in [2.45, 2.75) is 37.9 Å². The molecular formula is C11H13BrF3N3O. The number of aromatic nitrogens is 2. The van der Waals surface area contributed by atoms with Gasteiger partial charge in [-0.15, -0.1) is 0 Å². The number of carbonyl (C=O) groups is 1. The molecule has 0 unspecified atom stereocenters. The van der Waals surface area contributed by atoms with Crippen LogP contribution in [0.4, 0.5) is 13.2 Å². The molecule has 0 atom stereocenters. The van der Waals surface area contributed by atoms with Crippen LogP contribution in [-0.4, -0.2) is 21.7 Å². The van der Waals surface area contributed by atoms with Crippen LogP contribution in [0.25, 0.3) is 0 Å². The minimum Gasteiger partial charge on any atom is -0.348 e. The third kappa shape index (κ3) is 2.93. The monoisotopic (exact) mass is 339 g/mol. The Hall–Kier alpha value is -1.05. The van der Waals surface area contributed by atoms with Crippen molar-refractivity contribution in [3.63, 3.8) is 0 Å². The quantitative estimate of drug-likeness (QED) is 0.900. The molecular weight excluding hydrogens is 327 g/mol. The zero-order valence-corrected chi connectivity index (χ0v) is 11.8. The summed E-state index contributed by atoms with van der Waals surface area (Å²) in [5, 5.41) is 6.11. The number of hydrogen-bond donors (Lipinski definition) is 1. The van der Waals surface area contributed by atoms with Crippen LogP contribution in [0.1, 0.15) is 41.9 Å². The van der Waals surface area contributed by atoms with Gasteiger partial charge in [-0.1, -0.05) is 12.8 Å². The highest BCUT2D eigenvalue weighted by Gasteiger charge is 2.39. The third-order valence-electron chi connectivity index (χ3n) is 3.16. The largest absolute Gasteiger partial charge is 0.436 e. The summed E-state index contributed by atoms with van der Waals surface area (Å²) < 4.78 is 38.7. The molecule has 2 rings (SSSR count). The van der Waals surface area contributed by atoms with Crippen LogP contribution in [0.15, 0.2) is 4.47 Å². The van der Waals surface area contributed by atoms with Gasteiger partial charge in [-0.25, -0.2) is 0 Å². The van der Waals surface area contributed by atoms with Crippen molar-refractivity contribution < 1.29 is 18.0 Å². The second-order valence-corrected chi connectivity index (χ2v) is 5.38. The van der Waals surface area contributed by atoms with Crippen LogP contribution >= 0.6 is 15.9 Å². The summed E-state index contributed by atoms with van der Waals surface area (Å²) in [5.74, 6) is -0.524. The molecule has 1 N–H and O–H groups in total. The minimum absolute atomic E-state index is 0.0450. The lowest BCUT2D eigenvalue weighted by Gasteiger charge is -2.12. The van der Waals surface area contributed by atoms with Gasteiger partial charge in [-0.2, -0.15) is 18.3 Å². The second kappa shape index (κ2) is 5.15. The molecule has 1 aromatic rings. The molecule has 1 amide bonds. The van der Waals surface area contributed by atoms with Gasteiger partial charge in [-0.05, 0) is 28.8 Å². The number of hydrogen-bond acceptors (Lipinski definition) is 2. The van der Waals surface area contributed by atoms with Crippen LogP contribution in [0, 0.1) is 0 Å². The van der Waals surface area contributed by atoms with Gasteiger partial charge in [-0.3, -0.25) is 9.48 Å². The van der Waals surface area contributed by atoms with E-state index in [2.05, 4.69) is 26.3 Å². The highest BCUT2D eigenvalue weighted by Crippen LogP contribution is 2.35. The van der Waals surface area contributed by atoms with E-state index < -0.39 is 17.8 Å². The Balaban J connectivity index is 2.24. The normalized spacial score (nSPS) is 16.9. The molecule has 106 valence electrons. The molecule has 4 nitrogen and oxygen atoms in total. The van der Waals surface area contributed by atoms with Crippen LogP contribution in [0.3, 0.4) is 0 Å². The van der Waals surface area contributed by atoms with Crippen molar-refractivity contribution in [2.75, 3.05) is 0 Å². The van der Waals surface area contributed by atoms with Crippen molar-refractivity contribution in [3.8, 4) is 0 Å². The van der Waals surface area contributed by atoms with E-state index >= 15 is 0 Å². The smallest absolute Gasteiger partial charge is 0.348 e. The maximum Gasteiger partial charge on any atom is 0.436 e. The summed E-state index contributed by atoms with van der Waals surface area (Å²) in [6.07, 6.45) is -0.778. The van der Waals surface area contributed by atoms with E-state index in [0.717, 1.165) is 30.4 Å². The van der Waals surface area contributed by atoms with Gasteiger partial charge in [0.15, 0.2) is 5.69 Å². The van der Waals surface area contributed by atoms with E-state index in [4.69, 9.17) is 0 Å². The first-order chi connectivity index (χ1) is 8.80. The van der Waals surface area contributed by atoms with E-state index in [-0.39, 0.29) is 16.2 Å². The maximum absolute atomic E-state index is 12.7. The highest BCUT2D eigenvalue weighted by molar-refractivity contribution is 9.10. The van der Waals surface area contributed by atoms with Crippen LogP contribution in [0.5, 0.6) is 0 Å². The van der Waals surface area contributed by atoms with Crippen LogP contribution in [-0.2, 0) is 13.2 Å². The standard InChI is InChI=1S/C11H13BrF3N3O/c1-18-8(7(12)9(17-18)11(13,14)15)10(19)16-6-4-2-3-5-6/h6H,2-5H2,1H3,(H,16,19). The SMILES string of the molecule is Cn1nc(C(F)(F)F)c(Br)c1C(=O)NC1CCCC1. The van der Waals surface area contributed by atoms with E-state index in [9.17, 15) is 18.0 Å². The number of carbonyl (C=O) groups excluding carboxylic acids is 1. The van der Waals surface area contributed by atoms with Gasteiger partial charge in [0.25, 0.3) is 5.91 Å². The summed E-state index contributed by atoms with van der Waals surface area (Å²) in [5.41, 5.74) is -1.18. The van der Waals surface area contributed by atoms with E-state index in [1.54, 1.807) is 0 Å². The fourth-order valence-corrected chi connectivity index (χ4v) is 2.99. The Bertz CT molecular complexity index is 492. The van der Waals surface area contributed by atoms with Gasteiger partial charge in [0.2, 0.25) is 0 Å². The molecule has 0 saturated heterocycles. The number of nitrogens with one attached hydrogen (secondary N) is 1. The molecule has 0 bridgehead atoms. The summed E-state index contributed by atoms with van der Waals surface area (Å²) in [7, 11) is 1.32. The average molecular weight is 340 g/mol. The third-order valence-corrected chi connectivity index (χ3v) is 3.91. The molecule has 0 aliphatic heterocycles. The minimum atomic E-state index is -4.58. The van der Waals surface area contributed by atoms with Gasteiger partial charge >= 0.3 is 6.18 Å². The molecule has 8 heteroatoms. The van der Waals surface area contributed by atoms with E-state index in [1.807, 2.05) is 0 Å². The fraction of sp³-hybridized carbons (Fsp3) is 0.636. The summed E-state index contributed by atoms with van der Waals surface area (Å²) in [6, 6.07) is 0.0450. The van der Waals surface area contributed by atoms with Gasteiger partial charge in [0.1, 0.15) is 5.69 Å². The predicted molar refractivity (Wildman–Crippen MR) is 65.6 cm³/mol. The zero-order valence-electron chi connectivity index (χ0n) is 10.2. The number of amides is 1. The zero-order chi connectivity index (χ0) is 14.2. The molecule has 0 spiro atoms. The molecule has 1 aromatic heterocycles. The number of aryl methyl sites for hydroxylation is 1. The lowest BCUT2D eigenvalue weighted by Crippen LogP contribution is -2.34.